The molecule has 16 atom stereocenters. The van der Waals surface area contributed by atoms with Crippen molar-refractivity contribution in [3.8, 4) is 0 Å². The number of aliphatic hydroxyl groups is 7. The largest absolute Gasteiger partial charge is 0.394 e. The van der Waals surface area contributed by atoms with Crippen molar-refractivity contribution in [2.75, 3.05) is 13.2 Å². The Hall–Kier alpha value is -0.660. The van der Waals surface area contributed by atoms with Gasteiger partial charge in [-0.15, -0.1) is 0 Å². The second kappa shape index (κ2) is 11.4. The number of hydrogen-bond donors (Lipinski definition) is 7. The van der Waals surface area contributed by atoms with Crippen LogP contribution in [-0.4, -0.2) is 109 Å². The average Bonchev–Trinajstić information content (AvgIpc) is 3.38. The minimum atomic E-state index is -1.49. The molecule has 6 rings (SSSR count). The van der Waals surface area contributed by atoms with Gasteiger partial charge in [0, 0.05) is 16.7 Å². The van der Waals surface area contributed by atoms with E-state index < -0.39 is 66.1 Å². The molecule has 2 aliphatic heterocycles. The molecule has 3 saturated carbocycles. The van der Waals surface area contributed by atoms with Crippen molar-refractivity contribution in [3.05, 3.63) is 12.2 Å². The van der Waals surface area contributed by atoms with Gasteiger partial charge < -0.3 is 50.0 Å². The summed E-state index contributed by atoms with van der Waals surface area (Å²) in [4.78, 5) is 0. The first-order chi connectivity index (χ1) is 21.3. The molecule has 10 nitrogen and oxygen atoms in total. The quantitative estimate of drug-likeness (QED) is 0.193. The topological polar surface area (TPSA) is 169 Å². The van der Waals surface area contributed by atoms with Crippen LogP contribution in [0.2, 0.25) is 0 Å². The smallest absolute Gasteiger partial charge is 0.186 e. The third-order valence-electron chi connectivity index (χ3n) is 14.9. The number of rotatable bonds is 8. The third kappa shape index (κ3) is 4.72. The van der Waals surface area contributed by atoms with Crippen LogP contribution in [0.15, 0.2) is 12.2 Å². The first-order valence-electron chi connectivity index (χ1n) is 17.7. The van der Waals surface area contributed by atoms with Crippen molar-refractivity contribution in [1.29, 1.82) is 0 Å². The summed E-state index contributed by atoms with van der Waals surface area (Å²) >= 11 is 0. The van der Waals surface area contributed by atoms with Crippen LogP contribution in [0, 0.1) is 45.3 Å². The molecule has 0 amide bonds. The van der Waals surface area contributed by atoms with Gasteiger partial charge in [0.1, 0.15) is 30.5 Å². The molecule has 2 bridgehead atoms. The highest BCUT2D eigenvalue weighted by molar-refractivity contribution is 5.33. The van der Waals surface area contributed by atoms with E-state index in [-0.39, 0.29) is 28.3 Å². The second-order valence-corrected chi connectivity index (χ2v) is 17.7. The van der Waals surface area contributed by atoms with Gasteiger partial charge in [-0.1, -0.05) is 46.8 Å². The van der Waals surface area contributed by atoms with Crippen LogP contribution in [0.1, 0.15) is 93.4 Å². The highest BCUT2D eigenvalue weighted by atomic mass is 16.7. The lowest BCUT2D eigenvalue weighted by atomic mass is 9.38. The zero-order chi connectivity index (χ0) is 33.8. The van der Waals surface area contributed by atoms with Crippen molar-refractivity contribution in [2.24, 2.45) is 45.3 Å². The maximum atomic E-state index is 10.9. The Morgan fingerprint density at radius 1 is 0.935 bits per heavy atom. The fourth-order valence-electron chi connectivity index (χ4n) is 11.9. The molecule has 0 aromatic carbocycles. The molecule has 10 heteroatoms. The van der Waals surface area contributed by atoms with Gasteiger partial charge in [-0.05, 0) is 87.4 Å². The molecule has 5 fully saturated rings. The van der Waals surface area contributed by atoms with Gasteiger partial charge in [0.15, 0.2) is 6.29 Å². The number of allylic oxidation sites excluding steroid dienone is 1. The van der Waals surface area contributed by atoms with E-state index in [9.17, 15) is 35.7 Å². The lowest BCUT2D eigenvalue weighted by Gasteiger charge is -2.65. The first kappa shape index (κ1) is 35.2. The van der Waals surface area contributed by atoms with Gasteiger partial charge in [-0.3, -0.25) is 0 Å². The molecule has 0 aromatic heterocycles. The summed E-state index contributed by atoms with van der Waals surface area (Å²) in [6, 6.07) is 0. The summed E-state index contributed by atoms with van der Waals surface area (Å²) in [6.07, 6.45) is 1.99. The maximum Gasteiger partial charge on any atom is 0.186 e. The van der Waals surface area contributed by atoms with Crippen LogP contribution in [0.25, 0.3) is 0 Å². The Morgan fingerprint density at radius 3 is 2.28 bits per heavy atom. The number of aliphatic hydroxyl groups excluding tert-OH is 6. The molecule has 6 aliphatic rings. The fourth-order valence-corrected chi connectivity index (χ4v) is 11.9. The highest BCUT2D eigenvalue weighted by Crippen LogP contribution is 2.77. The van der Waals surface area contributed by atoms with Crippen LogP contribution in [0.4, 0.5) is 0 Å². The van der Waals surface area contributed by atoms with Crippen molar-refractivity contribution >= 4 is 0 Å². The van der Waals surface area contributed by atoms with Crippen LogP contribution in [0.3, 0.4) is 0 Å². The number of ether oxygens (including phenoxy) is 3. The summed E-state index contributed by atoms with van der Waals surface area (Å²) in [7, 11) is 0. The SMILES string of the molecule is C[C@H](C[C@H](O)[C@@H](O)C(C)(C)O)[C@H]1CC[C@@]2(C)[C@@H]3C=C[C@@]45OC[C@]3(CC[C@]12C)[C@@H]4CC[C@H](O[C@@H]1O[C@H](CO)[C@@H](O)[C@@H](O)[C@H]1O)C5(C)C. The lowest BCUT2D eigenvalue weighted by molar-refractivity contribution is -0.329. The predicted octanol–water partition coefficient (Wildman–Crippen LogP) is 2.28. The lowest BCUT2D eigenvalue weighted by Crippen LogP contribution is -2.66. The molecular weight excluding hydrogens is 592 g/mol. The zero-order valence-electron chi connectivity index (χ0n) is 28.8. The third-order valence-corrected chi connectivity index (χ3v) is 14.9. The molecule has 2 saturated heterocycles. The summed E-state index contributed by atoms with van der Waals surface area (Å²) in [5, 5.41) is 72.8. The highest BCUT2D eigenvalue weighted by Gasteiger charge is 2.75. The van der Waals surface area contributed by atoms with Crippen molar-refractivity contribution < 1.29 is 50.0 Å². The van der Waals surface area contributed by atoms with E-state index in [4.69, 9.17) is 14.2 Å². The van der Waals surface area contributed by atoms with E-state index in [1.807, 2.05) is 0 Å². The minimum Gasteiger partial charge on any atom is -0.394 e. The Bertz CT molecular complexity index is 1170. The summed E-state index contributed by atoms with van der Waals surface area (Å²) in [6.45, 7) is 14.7. The van der Waals surface area contributed by atoms with Crippen LogP contribution in [0.5, 0.6) is 0 Å². The molecule has 0 aromatic rings. The summed E-state index contributed by atoms with van der Waals surface area (Å²) < 4.78 is 19.2. The molecule has 264 valence electrons. The number of hydrogen-bond acceptors (Lipinski definition) is 10. The van der Waals surface area contributed by atoms with E-state index in [0.29, 0.717) is 30.8 Å². The molecule has 7 N–H and O–H groups in total. The Morgan fingerprint density at radius 2 is 1.63 bits per heavy atom. The van der Waals surface area contributed by atoms with E-state index in [1.54, 1.807) is 0 Å². The zero-order valence-corrected chi connectivity index (χ0v) is 28.8. The van der Waals surface area contributed by atoms with E-state index >= 15 is 0 Å². The predicted molar refractivity (Wildman–Crippen MR) is 169 cm³/mol. The Balaban J connectivity index is 1.24. The van der Waals surface area contributed by atoms with Crippen molar-refractivity contribution in [3.63, 3.8) is 0 Å². The molecule has 46 heavy (non-hydrogen) atoms. The van der Waals surface area contributed by atoms with Crippen molar-refractivity contribution in [2.45, 2.75) is 154 Å². The fraction of sp³-hybridized carbons (Fsp3) is 0.944. The maximum absolute atomic E-state index is 10.9. The molecule has 4 aliphatic carbocycles. The molecule has 1 spiro atoms. The van der Waals surface area contributed by atoms with Gasteiger partial charge in [0.05, 0.1) is 36.6 Å². The van der Waals surface area contributed by atoms with E-state index in [1.165, 1.54) is 13.8 Å². The van der Waals surface area contributed by atoms with Gasteiger partial charge >= 0.3 is 0 Å². The monoisotopic (exact) mass is 652 g/mol. The van der Waals surface area contributed by atoms with Gasteiger partial charge in [0.25, 0.3) is 0 Å². The van der Waals surface area contributed by atoms with Crippen LogP contribution in [-0.2, 0) is 14.2 Å². The van der Waals surface area contributed by atoms with Crippen molar-refractivity contribution in [1.82, 2.24) is 0 Å². The summed E-state index contributed by atoms with van der Waals surface area (Å²) in [5.74, 6) is 1.21. The van der Waals surface area contributed by atoms with E-state index in [0.717, 1.165) is 38.5 Å². The van der Waals surface area contributed by atoms with Gasteiger partial charge in [0.2, 0.25) is 0 Å². The molecule has 0 radical (unpaired) electrons. The molecular formula is C36H60O10. The second-order valence-electron chi connectivity index (χ2n) is 17.7. The normalized spacial score (nSPS) is 51.6. The number of fused-ring (bicyclic) bond motifs is 2. The Kier molecular flexibility index (Phi) is 8.74. The average molecular weight is 653 g/mol. The molecule has 2 heterocycles. The minimum absolute atomic E-state index is 0.0108. The standard InChI is InChI=1S/C36H60O10/c1-19(16-21(38)29(42)32(4,5)43)20-10-12-34(7)23-11-13-36-24(35(23,18-44-36)15-14-33(20,34)6)8-9-25(31(36,2)3)46-30-28(41)27(40)26(39)22(17-37)45-30/h11,13,19-30,37-43H,8-10,12,14-18H2,1-7H3/t19-,20-,21+,22-,23+,24+,25+,26-,27-,28-,29-,30+,33-,34+,35+,36-/m1/s1. The van der Waals surface area contributed by atoms with Gasteiger partial charge in [-0.2, -0.15) is 0 Å². The first-order valence-corrected chi connectivity index (χ1v) is 17.7. The molecule has 0 unspecified atom stereocenters. The summed E-state index contributed by atoms with van der Waals surface area (Å²) in [5.41, 5.74) is -2.34. The van der Waals surface area contributed by atoms with Crippen LogP contribution < -0.4 is 0 Å². The van der Waals surface area contributed by atoms with E-state index in [2.05, 4.69) is 46.8 Å². The Labute approximate surface area is 274 Å². The van der Waals surface area contributed by atoms with Gasteiger partial charge in [-0.25, -0.2) is 0 Å². The van der Waals surface area contributed by atoms with Crippen LogP contribution >= 0.6 is 0 Å².